The first-order chi connectivity index (χ1) is 18.0. The molecule has 1 saturated heterocycles. The molecule has 3 heterocycles. The SMILES string of the molecule is Cc1nc2c(ncn2C2O[C@H](COP(=O)(N[C@@H](C)C(=O)OC(C)C)Oc3ccccc3)C(O)C2O)c(=S)[nH]1. The van der Waals surface area contributed by atoms with E-state index in [2.05, 4.69) is 20.0 Å². The van der Waals surface area contributed by atoms with E-state index < -0.39 is 50.9 Å². The Hall–Kier alpha value is -2.71. The fraction of sp³-hybridized carbons (Fsp3) is 0.478. The minimum absolute atomic E-state index is 0.224. The van der Waals surface area contributed by atoms with Crippen LogP contribution in [0.3, 0.4) is 0 Å². The maximum atomic E-state index is 13.7. The van der Waals surface area contributed by atoms with Crippen molar-refractivity contribution < 1.29 is 38.1 Å². The van der Waals surface area contributed by atoms with Crippen LogP contribution in [0.25, 0.3) is 11.2 Å². The number of hydrogen-bond acceptors (Lipinski definition) is 11. The van der Waals surface area contributed by atoms with Gasteiger partial charge < -0.3 is 29.2 Å². The molecule has 0 bridgehead atoms. The molecular formula is C23H30N5O8PS. The Kier molecular flexibility index (Phi) is 8.62. The van der Waals surface area contributed by atoms with Crippen LogP contribution in [0, 0.1) is 11.6 Å². The van der Waals surface area contributed by atoms with E-state index in [-0.39, 0.29) is 11.9 Å². The standard InChI is InChI=1S/C23H30N5O8PS/c1-12(2)34-23(31)13(3)27-37(32,36-15-8-6-5-7-9-15)33-10-16-18(29)19(30)22(35-16)28-11-24-17-20(28)25-14(4)26-21(17)38/h5-9,11-13,16,18-19,22,29-30H,10H2,1-4H3,(H,27,32)(H,25,26,38)/t13-,16+,18?,19?,22?,37?/m0/s1. The molecule has 38 heavy (non-hydrogen) atoms. The molecule has 6 atom stereocenters. The average molecular weight is 568 g/mol. The zero-order valence-corrected chi connectivity index (χ0v) is 22.9. The molecule has 4 rings (SSSR count). The van der Waals surface area contributed by atoms with Crippen molar-refractivity contribution >= 4 is 37.1 Å². The van der Waals surface area contributed by atoms with Gasteiger partial charge in [-0.3, -0.25) is 13.9 Å². The number of carbonyl (C=O) groups excluding carboxylic acids is 1. The second-order valence-electron chi connectivity index (χ2n) is 9.06. The molecule has 1 fully saturated rings. The van der Waals surface area contributed by atoms with Crippen LogP contribution in [0.5, 0.6) is 5.75 Å². The minimum atomic E-state index is -4.20. The second-order valence-corrected chi connectivity index (χ2v) is 11.2. The highest BCUT2D eigenvalue weighted by Gasteiger charge is 2.46. The van der Waals surface area contributed by atoms with Gasteiger partial charge in [-0.1, -0.05) is 30.4 Å². The number of fused-ring (bicyclic) bond motifs is 1. The number of aliphatic hydroxyl groups is 2. The van der Waals surface area contributed by atoms with Crippen molar-refractivity contribution in [3.05, 3.63) is 47.1 Å². The number of aliphatic hydroxyl groups excluding tert-OH is 2. The van der Waals surface area contributed by atoms with Crippen molar-refractivity contribution in [2.45, 2.75) is 64.4 Å². The van der Waals surface area contributed by atoms with Crippen molar-refractivity contribution in [2.24, 2.45) is 0 Å². The Morgan fingerprint density at radius 3 is 2.66 bits per heavy atom. The van der Waals surface area contributed by atoms with Gasteiger partial charge in [0.15, 0.2) is 11.9 Å². The van der Waals surface area contributed by atoms with Crippen LogP contribution in [-0.2, 0) is 23.4 Å². The summed E-state index contributed by atoms with van der Waals surface area (Å²) in [6.07, 6.45) is -3.96. The van der Waals surface area contributed by atoms with Gasteiger partial charge in [-0.05, 0) is 39.8 Å². The summed E-state index contributed by atoms with van der Waals surface area (Å²) in [4.78, 5) is 23.9. The molecule has 2 aromatic heterocycles. The minimum Gasteiger partial charge on any atom is -0.462 e. The molecule has 0 aliphatic carbocycles. The summed E-state index contributed by atoms with van der Waals surface area (Å²) in [5, 5.41) is 24.0. The molecule has 3 aromatic rings. The van der Waals surface area contributed by atoms with Crippen molar-refractivity contribution in [2.75, 3.05) is 6.61 Å². The third-order valence-corrected chi connectivity index (χ3v) is 7.54. The van der Waals surface area contributed by atoms with Crippen LogP contribution in [0.2, 0.25) is 0 Å². The number of esters is 1. The predicted molar refractivity (Wildman–Crippen MR) is 138 cm³/mol. The van der Waals surface area contributed by atoms with Crippen molar-refractivity contribution in [3.8, 4) is 5.75 Å². The highest BCUT2D eigenvalue weighted by molar-refractivity contribution is 7.71. The summed E-state index contributed by atoms with van der Waals surface area (Å²) >= 11 is 5.29. The third kappa shape index (κ3) is 6.29. The molecule has 0 amide bonds. The van der Waals surface area contributed by atoms with Crippen LogP contribution in [-0.4, -0.2) is 72.8 Å². The number of aromatic amines is 1. The number of para-hydroxylation sites is 1. The number of nitrogens with zero attached hydrogens (tertiary/aromatic N) is 3. The summed E-state index contributed by atoms with van der Waals surface area (Å²) in [6, 6.07) is 7.20. The molecular weight excluding hydrogens is 537 g/mol. The lowest BCUT2D eigenvalue weighted by Crippen LogP contribution is -2.38. The molecule has 15 heteroatoms. The lowest BCUT2D eigenvalue weighted by Gasteiger charge is -2.25. The molecule has 1 aliphatic heterocycles. The maximum Gasteiger partial charge on any atom is 0.459 e. The van der Waals surface area contributed by atoms with Crippen molar-refractivity contribution in [1.29, 1.82) is 0 Å². The number of ether oxygens (including phenoxy) is 2. The molecule has 13 nitrogen and oxygen atoms in total. The Labute approximate surface area is 223 Å². The highest BCUT2D eigenvalue weighted by Crippen LogP contribution is 2.46. The first-order valence-corrected chi connectivity index (χ1v) is 13.8. The van der Waals surface area contributed by atoms with Gasteiger partial charge in [0, 0.05) is 0 Å². The lowest BCUT2D eigenvalue weighted by molar-refractivity contribution is -0.149. The molecule has 1 aliphatic rings. The van der Waals surface area contributed by atoms with E-state index in [9.17, 15) is 19.6 Å². The second kappa shape index (κ2) is 11.6. The zero-order valence-electron chi connectivity index (χ0n) is 21.2. The average Bonchev–Trinajstić information content (AvgIpc) is 3.39. The first-order valence-electron chi connectivity index (χ1n) is 11.9. The van der Waals surface area contributed by atoms with Crippen LogP contribution in [0.1, 0.15) is 32.8 Å². The van der Waals surface area contributed by atoms with E-state index in [0.717, 1.165) is 0 Å². The van der Waals surface area contributed by atoms with E-state index in [0.29, 0.717) is 21.6 Å². The summed E-state index contributed by atoms with van der Waals surface area (Å²) in [7, 11) is -4.20. The van der Waals surface area contributed by atoms with Gasteiger partial charge in [0.25, 0.3) is 0 Å². The van der Waals surface area contributed by atoms with E-state index >= 15 is 0 Å². The van der Waals surface area contributed by atoms with E-state index in [1.165, 1.54) is 17.8 Å². The maximum absolute atomic E-state index is 13.7. The summed E-state index contributed by atoms with van der Waals surface area (Å²) in [5.41, 5.74) is 0.768. The Balaban J connectivity index is 1.52. The summed E-state index contributed by atoms with van der Waals surface area (Å²) in [6.45, 7) is 6.11. The molecule has 0 spiro atoms. The lowest BCUT2D eigenvalue weighted by atomic mass is 10.1. The Morgan fingerprint density at radius 1 is 1.26 bits per heavy atom. The van der Waals surface area contributed by atoms with E-state index in [1.54, 1.807) is 51.1 Å². The number of rotatable bonds is 10. The Bertz CT molecular complexity index is 1380. The smallest absolute Gasteiger partial charge is 0.459 e. The number of nitrogens with one attached hydrogen (secondary N) is 2. The van der Waals surface area contributed by atoms with Gasteiger partial charge in [-0.15, -0.1) is 0 Å². The Morgan fingerprint density at radius 2 is 1.97 bits per heavy atom. The van der Waals surface area contributed by atoms with Gasteiger partial charge in [0.05, 0.1) is 19.0 Å². The summed E-state index contributed by atoms with van der Waals surface area (Å²) < 4.78 is 37.8. The van der Waals surface area contributed by atoms with Crippen molar-refractivity contribution in [1.82, 2.24) is 24.6 Å². The molecule has 0 radical (unpaired) electrons. The molecule has 0 saturated carbocycles. The van der Waals surface area contributed by atoms with Gasteiger partial charge in [0.2, 0.25) is 0 Å². The molecule has 4 N–H and O–H groups in total. The number of aromatic nitrogens is 4. The number of aryl methyl sites for hydroxylation is 1. The third-order valence-electron chi connectivity index (χ3n) is 5.60. The van der Waals surface area contributed by atoms with Crippen LogP contribution in [0.4, 0.5) is 0 Å². The fourth-order valence-electron chi connectivity index (χ4n) is 3.82. The van der Waals surface area contributed by atoms with Crippen molar-refractivity contribution in [3.63, 3.8) is 0 Å². The van der Waals surface area contributed by atoms with Gasteiger partial charge >= 0.3 is 13.7 Å². The number of imidazole rings is 1. The zero-order chi connectivity index (χ0) is 27.6. The number of benzene rings is 1. The van der Waals surface area contributed by atoms with E-state index in [1.807, 2.05) is 0 Å². The molecule has 1 aromatic carbocycles. The highest BCUT2D eigenvalue weighted by atomic mass is 32.1. The van der Waals surface area contributed by atoms with Crippen LogP contribution < -0.4 is 9.61 Å². The molecule has 4 unspecified atom stereocenters. The predicted octanol–water partition coefficient (Wildman–Crippen LogP) is 2.55. The van der Waals surface area contributed by atoms with Gasteiger partial charge in [-0.2, -0.15) is 5.09 Å². The number of H-pyrrole nitrogens is 1. The summed E-state index contributed by atoms with van der Waals surface area (Å²) in [5.74, 6) is 0.107. The largest absolute Gasteiger partial charge is 0.462 e. The first kappa shape index (κ1) is 28.3. The number of hydrogen-bond donors (Lipinski definition) is 4. The fourth-order valence-corrected chi connectivity index (χ4v) is 5.62. The number of carbonyl (C=O) groups is 1. The normalized spacial score (nSPS) is 23.9. The monoisotopic (exact) mass is 567 g/mol. The quantitative estimate of drug-likeness (QED) is 0.161. The van der Waals surface area contributed by atoms with Gasteiger partial charge in [0.1, 0.15) is 46.1 Å². The molecule has 206 valence electrons. The van der Waals surface area contributed by atoms with Crippen LogP contribution >= 0.6 is 20.0 Å². The van der Waals surface area contributed by atoms with Crippen LogP contribution in [0.15, 0.2) is 36.7 Å². The topological polar surface area (TPSA) is 170 Å². The van der Waals surface area contributed by atoms with Gasteiger partial charge in [-0.25, -0.2) is 14.5 Å². The van der Waals surface area contributed by atoms with E-state index in [4.69, 9.17) is 30.7 Å².